The largest absolute Gasteiger partial charge is 0.494 e. The van der Waals surface area contributed by atoms with Crippen molar-refractivity contribution in [2.24, 2.45) is 4.99 Å². The molecule has 1 aliphatic rings. The Morgan fingerprint density at radius 3 is 2.31 bits per heavy atom. The van der Waals surface area contributed by atoms with Gasteiger partial charge in [0.15, 0.2) is 5.96 Å². The second kappa shape index (κ2) is 12.4. The van der Waals surface area contributed by atoms with E-state index in [9.17, 15) is 17.6 Å². The molecule has 1 aromatic rings. The van der Waals surface area contributed by atoms with Crippen molar-refractivity contribution in [2.45, 2.75) is 32.0 Å². The van der Waals surface area contributed by atoms with E-state index in [0.717, 1.165) is 12.8 Å². The smallest absolute Gasteiger partial charge is 0.403 e. The summed E-state index contributed by atoms with van der Waals surface area (Å²) >= 11 is 0. The first kappa shape index (κ1) is 25.7. The van der Waals surface area contributed by atoms with E-state index in [4.69, 9.17) is 4.74 Å². The summed E-state index contributed by atoms with van der Waals surface area (Å²) in [5.74, 6) is 1.05. The number of halogens is 5. The highest BCUT2D eigenvalue weighted by Gasteiger charge is 2.41. The zero-order valence-corrected chi connectivity index (χ0v) is 19.0. The summed E-state index contributed by atoms with van der Waals surface area (Å²) in [6.45, 7) is 4.15. The van der Waals surface area contributed by atoms with Gasteiger partial charge in [0.1, 0.15) is 17.6 Å². The minimum atomic E-state index is -4.20. The molecule has 1 aromatic carbocycles. The first-order valence-corrected chi connectivity index (χ1v) is 9.46. The standard InChI is InChI=1S/C19H28F4N4O.HI/c1-15(19(21,22)23)26-10-12-27(13-11-26)18(24-2)25-9-3-4-14-28-17-7-5-16(20)6-8-17;/h5-8,15H,3-4,9-14H2,1-2H3,(H,24,25);1H. The predicted molar refractivity (Wildman–Crippen MR) is 117 cm³/mol. The number of alkyl halides is 3. The van der Waals surface area contributed by atoms with Crippen LogP contribution < -0.4 is 10.1 Å². The van der Waals surface area contributed by atoms with Crippen LogP contribution in [0.5, 0.6) is 5.75 Å². The molecule has 0 aromatic heterocycles. The van der Waals surface area contributed by atoms with Gasteiger partial charge in [0, 0.05) is 39.8 Å². The van der Waals surface area contributed by atoms with Gasteiger partial charge in [-0.2, -0.15) is 13.2 Å². The van der Waals surface area contributed by atoms with Crippen LogP contribution in [0.3, 0.4) is 0 Å². The molecule has 2 rings (SSSR count). The molecule has 1 saturated heterocycles. The SMILES string of the molecule is CN=C(NCCCCOc1ccc(F)cc1)N1CCN(C(C)C(F)(F)F)CC1.I. The van der Waals surface area contributed by atoms with Gasteiger partial charge in [0.05, 0.1) is 6.61 Å². The normalized spacial score (nSPS) is 16.9. The highest BCUT2D eigenvalue weighted by atomic mass is 127. The maximum atomic E-state index is 12.8. The molecule has 1 N–H and O–H groups in total. The van der Waals surface area contributed by atoms with Crippen molar-refractivity contribution in [1.29, 1.82) is 0 Å². The number of hydrogen-bond donors (Lipinski definition) is 1. The molecule has 0 spiro atoms. The number of benzene rings is 1. The Kier molecular flexibility index (Phi) is 11.0. The number of nitrogens with zero attached hydrogens (tertiary/aromatic N) is 3. The molecule has 29 heavy (non-hydrogen) atoms. The third kappa shape index (κ3) is 8.53. The van der Waals surface area contributed by atoms with Gasteiger partial charge in [0.25, 0.3) is 0 Å². The summed E-state index contributed by atoms with van der Waals surface area (Å²) in [7, 11) is 1.67. The highest BCUT2D eigenvalue weighted by Crippen LogP contribution is 2.25. The van der Waals surface area contributed by atoms with Crippen LogP contribution in [0.2, 0.25) is 0 Å². The van der Waals surface area contributed by atoms with Crippen molar-refractivity contribution in [2.75, 3.05) is 46.4 Å². The van der Waals surface area contributed by atoms with Crippen LogP contribution in [-0.4, -0.2) is 74.4 Å². The van der Waals surface area contributed by atoms with E-state index in [1.807, 2.05) is 4.90 Å². The lowest BCUT2D eigenvalue weighted by Crippen LogP contribution is -2.56. The second-order valence-electron chi connectivity index (χ2n) is 6.72. The van der Waals surface area contributed by atoms with Crippen molar-refractivity contribution in [3.63, 3.8) is 0 Å². The molecule has 1 fully saturated rings. The Hall–Kier alpha value is -1.30. The van der Waals surface area contributed by atoms with Crippen LogP contribution in [0.15, 0.2) is 29.3 Å². The van der Waals surface area contributed by atoms with Gasteiger partial charge in [-0.15, -0.1) is 24.0 Å². The van der Waals surface area contributed by atoms with Crippen LogP contribution in [0.25, 0.3) is 0 Å². The minimum Gasteiger partial charge on any atom is -0.494 e. The zero-order chi connectivity index (χ0) is 20.6. The van der Waals surface area contributed by atoms with E-state index in [2.05, 4.69) is 10.3 Å². The summed E-state index contributed by atoms with van der Waals surface area (Å²) in [4.78, 5) is 7.66. The van der Waals surface area contributed by atoms with Gasteiger partial charge >= 0.3 is 6.18 Å². The third-order valence-electron chi connectivity index (χ3n) is 4.78. The quantitative estimate of drug-likeness (QED) is 0.191. The maximum absolute atomic E-state index is 12.8. The van der Waals surface area contributed by atoms with E-state index >= 15 is 0 Å². The molecular formula is C19H29F4IN4O. The van der Waals surface area contributed by atoms with Gasteiger partial charge in [-0.1, -0.05) is 0 Å². The number of rotatable bonds is 7. The average Bonchev–Trinajstić information content (AvgIpc) is 2.68. The first-order valence-electron chi connectivity index (χ1n) is 9.46. The molecule has 0 bridgehead atoms. The molecule has 1 aliphatic heterocycles. The van der Waals surface area contributed by atoms with Crippen molar-refractivity contribution in [3.05, 3.63) is 30.1 Å². The van der Waals surface area contributed by atoms with E-state index in [-0.39, 0.29) is 29.8 Å². The fourth-order valence-corrected chi connectivity index (χ4v) is 3.01. The molecular weight excluding hydrogens is 503 g/mol. The van der Waals surface area contributed by atoms with Crippen LogP contribution in [-0.2, 0) is 0 Å². The Morgan fingerprint density at radius 1 is 1.14 bits per heavy atom. The molecule has 0 aliphatic carbocycles. The number of guanidine groups is 1. The van der Waals surface area contributed by atoms with E-state index < -0.39 is 12.2 Å². The summed E-state index contributed by atoms with van der Waals surface area (Å²) < 4.78 is 56.9. The van der Waals surface area contributed by atoms with E-state index in [0.29, 0.717) is 51.0 Å². The van der Waals surface area contributed by atoms with Gasteiger partial charge in [-0.25, -0.2) is 4.39 Å². The zero-order valence-electron chi connectivity index (χ0n) is 16.7. The van der Waals surface area contributed by atoms with Crippen molar-refractivity contribution in [3.8, 4) is 5.75 Å². The molecule has 0 saturated carbocycles. The second-order valence-corrected chi connectivity index (χ2v) is 6.72. The molecule has 5 nitrogen and oxygen atoms in total. The summed E-state index contributed by atoms with van der Waals surface area (Å²) in [5, 5.41) is 3.25. The molecule has 1 unspecified atom stereocenters. The van der Waals surface area contributed by atoms with Gasteiger partial charge in [0.2, 0.25) is 0 Å². The first-order chi connectivity index (χ1) is 13.3. The van der Waals surface area contributed by atoms with Crippen molar-refractivity contribution >= 4 is 29.9 Å². The number of nitrogens with one attached hydrogen (secondary N) is 1. The minimum absolute atomic E-state index is 0. The fraction of sp³-hybridized carbons (Fsp3) is 0.632. The Bertz CT molecular complexity index is 620. The van der Waals surface area contributed by atoms with Gasteiger partial charge < -0.3 is 15.0 Å². The number of unbranched alkanes of at least 4 members (excludes halogenated alkanes) is 1. The van der Waals surface area contributed by atoms with Gasteiger partial charge in [-0.3, -0.25) is 9.89 Å². The number of aliphatic imine (C=N–C) groups is 1. The van der Waals surface area contributed by atoms with Crippen LogP contribution in [0, 0.1) is 5.82 Å². The Labute approximate surface area is 186 Å². The molecule has 166 valence electrons. The molecule has 1 heterocycles. The molecule has 0 radical (unpaired) electrons. The number of piperazine rings is 1. The monoisotopic (exact) mass is 532 g/mol. The van der Waals surface area contributed by atoms with Crippen molar-refractivity contribution < 1.29 is 22.3 Å². The lowest BCUT2D eigenvalue weighted by molar-refractivity contribution is -0.181. The van der Waals surface area contributed by atoms with Crippen LogP contribution in [0.4, 0.5) is 17.6 Å². The number of ether oxygens (including phenoxy) is 1. The maximum Gasteiger partial charge on any atom is 0.403 e. The highest BCUT2D eigenvalue weighted by molar-refractivity contribution is 14.0. The van der Waals surface area contributed by atoms with Crippen molar-refractivity contribution in [1.82, 2.24) is 15.1 Å². The summed E-state index contributed by atoms with van der Waals surface area (Å²) in [5.41, 5.74) is 0. The predicted octanol–water partition coefficient (Wildman–Crippen LogP) is 3.75. The van der Waals surface area contributed by atoms with Crippen LogP contribution >= 0.6 is 24.0 Å². The Morgan fingerprint density at radius 2 is 1.76 bits per heavy atom. The lowest BCUT2D eigenvalue weighted by atomic mass is 10.2. The van der Waals surface area contributed by atoms with E-state index in [1.165, 1.54) is 24.0 Å². The molecule has 1 atom stereocenters. The lowest BCUT2D eigenvalue weighted by Gasteiger charge is -2.39. The molecule has 0 amide bonds. The molecule has 10 heteroatoms. The van der Waals surface area contributed by atoms with E-state index in [1.54, 1.807) is 19.2 Å². The van der Waals surface area contributed by atoms with Gasteiger partial charge in [-0.05, 0) is 44.0 Å². The topological polar surface area (TPSA) is 40.1 Å². The fourth-order valence-electron chi connectivity index (χ4n) is 3.01. The summed E-state index contributed by atoms with van der Waals surface area (Å²) in [6.07, 6.45) is -2.53. The summed E-state index contributed by atoms with van der Waals surface area (Å²) in [6, 6.07) is 4.47. The average molecular weight is 532 g/mol. The third-order valence-corrected chi connectivity index (χ3v) is 4.78. The Balaban J connectivity index is 0.00000420. The van der Waals surface area contributed by atoms with Crippen LogP contribution in [0.1, 0.15) is 19.8 Å². The number of hydrogen-bond acceptors (Lipinski definition) is 3.